The number of aliphatic hydroxyl groups excluding tert-OH is 1. The highest BCUT2D eigenvalue weighted by molar-refractivity contribution is 5.16. The monoisotopic (exact) mass is 248 g/mol. The van der Waals surface area contributed by atoms with Crippen molar-refractivity contribution in [3.05, 3.63) is 35.9 Å². The average molecular weight is 248 g/mol. The number of hydrogen-bond donors (Lipinski definition) is 3. The number of aliphatic hydroxyl groups is 1. The van der Waals surface area contributed by atoms with E-state index in [1.807, 2.05) is 18.2 Å². The summed E-state index contributed by atoms with van der Waals surface area (Å²) in [5, 5.41) is 13.8. The van der Waals surface area contributed by atoms with Crippen molar-refractivity contribution in [1.82, 2.24) is 5.32 Å². The molecule has 3 nitrogen and oxygen atoms in total. The van der Waals surface area contributed by atoms with Crippen molar-refractivity contribution in [3.8, 4) is 0 Å². The van der Waals surface area contributed by atoms with E-state index < -0.39 is 6.10 Å². The van der Waals surface area contributed by atoms with Crippen molar-refractivity contribution in [3.63, 3.8) is 0 Å². The van der Waals surface area contributed by atoms with Crippen LogP contribution in [-0.2, 0) is 6.42 Å². The van der Waals surface area contributed by atoms with Crippen LogP contribution in [0.2, 0.25) is 0 Å². The van der Waals surface area contributed by atoms with E-state index in [-0.39, 0.29) is 17.6 Å². The zero-order valence-electron chi connectivity index (χ0n) is 11.3. The summed E-state index contributed by atoms with van der Waals surface area (Å²) in [6.45, 7) is 4.34. The van der Waals surface area contributed by atoms with E-state index in [0.717, 1.165) is 19.3 Å². The molecule has 0 aliphatic carbocycles. The van der Waals surface area contributed by atoms with Crippen LogP contribution in [0.25, 0.3) is 0 Å². The topological polar surface area (TPSA) is 58.3 Å². The Morgan fingerprint density at radius 1 is 1.39 bits per heavy atom. The summed E-state index contributed by atoms with van der Waals surface area (Å²) in [5.74, 6) is 0. The first-order valence-corrected chi connectivity index (χ1v) is 6.73. The average Bonchev–Trinajstić information content (AvgIpc) is 2.70. The van der Waals surface area contributed by atoms with Crippen LogP contribution in [0.3, 0.4) is 0 Å². The van der Waals surface area contributed by atoms with Gasteiger partial charge in [0.1, 0.15) is 0 Å². The maximum absolute atomic E-state index is 10.3. The summed E-state index contributed by atoms with van der Waals surface area (Å²) in [4.78, 5) is 0. The Balaban J connectivity index is 1.91. The number of rotatable bonds is 4. The van der Waals surface area contributed by atoms with Crippen LogP contribution in [0.1, 0.15) is 32.3 Å². The third-order valence-corrected chi connectivity index (χ3v) is 3.82. The molecule has 0 amide bonds. The van der Waals surface area contributed by atoms with E-state index in [1.165, 1.54) is 5.56 Å². The van der Waals surface area contributed by atoms with E-state index in [2.05, 4.69) is 31.3 Å². The number of hydrogen-bond acceptors (Lipinski definition) is 3. The zero-order chi connectivity index (χ0) is 13.2. The lowest BCUT2D eigenvalue weighted by Gasteiger charge is -2.27. The first-order valence-electron chi connectivity index (χ1n) is 6.73. The molecule has 0 saturated carbocycles. The molecule has 1 aromatic rings. The fraction of sp³-hybridized carbons (Fsp3) is 0.600. The molecular formula is C15H24N2O. The summed E-state index contributed by atoms with van der Waals surface area (Å²) in [6, 6.07) is 10.0. The molecule has 3 unspecified atom stereocenters. The summed E-state index contributed by atoms with van der Waals surface area (Å²) >= 11 is 0. The molecule has 100 valence electrons. The second kappa shape index (κ2) is 5.39. The van der Waals surface area contributed by atoms with Crippen molar-refractivity contribution < 1.29 is 5.11 Å². The van der Waals surface area contributed by atoms with Gasteiger partial charge in [-0.1, -0.05) is 30.3 Å². The Hall–Kier alpha value is -0.900. The van der Waals surface area contributed by atoms with Crippen molar-refractivity contribution in [1.29, 1.82) is 0 Å². The second-order valence-corrected chi connectivity index (χ2v) is 6.02. The standard InChI is InChI=1S/C15H24N2O/c1-15(2)9-8-13(17-15)14(18)12(16)10-11-6-4-3-5-7-11/h3-7,12-14,17-18H,8-10,16H2,1-2H3. The van der Waals surface area contributed by atoms with Gasteiger partial charge in [-0.25, -0.2) is 0 Å². The lowest BCUT2D eigenvalue weighted by atomic mass is 9.96. The maximum atomic E-state index is 10.3. The Bertz CT molecular complexity index is 377. The second-order valence-electron chi connectivity index (χ2n) is 6.02. The van der Waals surface area contributed by atoms with Gasteiger partial charge in [0.25, 0.3) is 0 Å². The fourth-order valence-electron chi connectivity index (χ4n) is 2.72. The maximum Gasteiger partial charge on any atom is 0.0847 e. The molecular weight excluding hydrogens is 224 g/mol. The molecule has 1 aromatic carbocycles. The molecule has 4 N–H and O–H groups in total. The molecule has 3 heteroatoms. The Kier molecular flexibility index (Phi) is 4.05. The van der Waals surface area contributed by atoms with Gasteiger partial charge >= 0.3 is 0 Å². The third-order valence-electron chi connectivity index (χ3n) is 3.82. The Morgan fingerprint density at radius 3 is 2.61 bits per heavy atom. The van der Waals surface area contributed by atoms with E-state index >= 15 is 0 Å². The van der Waals surface area contributed by atoms with Crippen LogP contribution in [0.5, 0.6) is 0 Å². The van der Waals surface area contributed by atoms with Gasteiger partial charge in [0.2, 0.25) is 0 Å². The summed E-state index contributed by atoms with van der Waals surface area (Å²) in [5.41, 5.74) is 7.43. The SMILES string of the molecule is CC1(C)CCC(C(O)C(N)Cc2ccccc2)N1. The Labute approximate surface area is 109 Å². The first kappa shape index (κ1) is 13.5. The number of nitrogens with two attached hydrogens (primary N) is 1. The van der Waals surface area contributed by atoms with E-state index in [4.69, 9.17) is 5.73 Å². The predicted octanol–water partition coefficient (Wildman–Crippen LogP) is 1.45. The first-order chi connectivity index (χ1) is 8.48. The van der Waals surface area contributed by atoms with Crippen molar-refractivity contribution in [2.45, 2.75) is 56.8 Å². The highest BCUT2D eigenvalue weighted by Gasteiger charge is 2.36. The molecule has 0 radical (unpaired) electrons. The normalized spacial score (nSPS) is 25.9. The van der Waals surface area contributed by atoms with Gasteiger partial charge < -0.3 is 16.2 Å². The quantitative estimate of drug-likeness (QED) is 0.756. The summed E-state index contributed by atoms with van der Waals surface area (Å²) < 4.78 is 0. The molecule has 0 spiro atoms. The lowest BCUT2D eigenvalue weighted by Crippen LogP contribution is -2.51. The number of nitrogens with one attached hydrogen (secondary N) is 1. The zero-order valence-corrected chi connectivity index (χ0v) is 11.3. The highest BCUT2D eigenvalue weighted by Crippen LogP contribution is 2.25. The van der Waals surface area contributed by atoms with Crippen molar-refractivity contribution in [2.24, 2.45) is 5.73 Å². The lowest BCUT2D eigenvalue weighted by molar-refractivity contribution is 0.103. The highest BCUT2D eigenvalue weighted by atomic mass is 16.3. The van der Waals surface area contributed by atoms with Gasteiger partial charge in [0.15, 0.2) is 0 Å². The largest absolute Gasteiger partial charge is 0.390 e. The van der Waals surface area contributed by atoms with Crippen LogP contribution in [0.4, 0.5) is 0 Å². The summed E-state index contributed by atoms with van der Waals surface area (Å²) in [6.07, 6.45) is 2.33. The molecule has 1 aliphatic rings. The smallest absolute Gasteiger partial charge is 0.0847 e. The minimum Gasteiger partial charge on any atom is -0.390 e. The van der Waals surface area contributed by atoms with Gasteiger partial charge in [-0.15, -0.1) is 0 Å². The predicted molar refractivity (Wildman–Crippen MR) is 74.4 cm³/mol. The molecule has 1 saturated heterocycles. The molecule has 0 bridgehead atoms. The van der Waals surface area contributed by atoms with Gasteiger partial charge in [0, 0.05) is 17.6 Å². The minimum atomic E-state index is -0.480. The fourth-order valence-corrected chi connectivity index (χ4v) is 2.72. The van der Waals surface area contributed by atoms with Gasteiger partial charge in [0.05, 0.1) is 6.10 Å². The molecule has 0 aromatic heterocycles. The molecule has 1 heterocycles. The van der Waals surface area contributed by atoms with Crippen molar-refractivity contribution in [2.75, 3.05) is 0 Å². The molecule has 2 rings (SSSR count). The van der Waals surface area contributed by atoms with Crippen molar-refractivity contribution >= 4 is 0 Å². The van der Waals surface area contributed by atoms with Gasteiger partial charge in [-0.2, -0.15) is 0 Å². The number of benzene rings is 1. The minimum absolute atomic E-state index is 0.123. The van der Waals surface area contributed by atoms with Crippen LogP contribution in [0.15, 0.2) is 30.3 Å². The van der Waals surface area contributed by atoms with E-state index in [9.17, 15) is 5.11 Å². The molecule has 3 atom stereocenters. The van der Waals surface area contributed by atoms with Crippen LogP contribution in [-0.4, -0.2) is 28.8 Å². The van der Waals surface area contributed by atoms with E-state index in [0.29, 0.717) is 0 Å². The Morgan fingerprint density at radius 2 is 2.06 bits per heavy atom. The molecule has 18 heavy (non-hydrogen) atoms. The van der Waals surface area contributed by atoms with Crippen LogP contribution < -0.4 is 11.1 Å². The molecule has 1 fully saturated rings. The van der Waals surface area contributed by atoms with Crippen LogP contribution in [0, 0.1) is 0 Å². The van der Waals surface area contributed by atoms with Gasteiger partial charge in [-0.3, -0.25) is 0 Å². The molecule has 1 aliphatic heterocycles. The van der Waals surface area contributed by atoms with Gasteiger partial charge in [-0.05, 0) is 38.7 Å². The third kappa shape index (κ3) is 3.31. The van der Waals surface area contributed by atoms with Crippen LogP contribution >= 0.6 is 0 Å². The summed E-state index contributed by atoms with van der Waals surface area (Å²) in [7, 11) is 0. The van der Waals surface area contributed by atoms with E-state index in [1.54, 1.807) is 0 Å².